The maximum absolute atomic E-state index is 12.6. The first kappa shape index (κ1) is 19.5. The SMILES string of the molecule is Cc1noc(C(C)C)c1C(=O)OCC(=O)N1CCCc2cc([N+](=O)[O-])ccc21. The normalized spacial score (nSPS) is 13.4. The lowest BCUT2D eigenvalue weighted by atomic mass is 10.0. The number of nitro benzene ring substituents is 1. The van der Waals surface area contributed by atoms with E-state index in [1.54, 1.807) is 13.0 Å². The molecule has 1 aliphatic heterocycles. The van der Waals surface area contributed by atoms with Gasteiger partial charge in [-0.2, -0.15) is 0 Å². The maximum Gasteiger partial charge on any atom is 0.344 e. The number of esters is 1. The predicted octanol–water partition coefficient (Wildman–Crippen LogP) is 3.15. The van der Waals surface area contributed by atoms with Crippen LogP contribution >= 0.6 is 0 Å². The molecule has 1 aromatic carbocycles. The molecule has 0 saturated carbocycles. The van der Waals surface area contributed by atoms with Gasteiger partial charge in [-0.3, -0.25) is 14.9 Å². The third kappa shape index (κ3) is 3.73. The Bertz CT molecular complexity index is 934. The van der Waals surface area contributed by atoms with Gasteiger partial charge < -0.3 is 14.2 Å². The second-order valence-electron chi connectivity index (χ2n) is 6.96. The molecule has 2 heterocycles. The van der Waals surface area contributed by atoms with Gasteiger partial charge in [0.15, 0.2) is 12.4 Å². The van der Waals surface area contributed by atoms with E-state index >= 15 is 0 Å². The summed E-state index contributed by atoms with van der Waals surface area (Å²) in [6, 6.07) is 4.41. The highest BCUT2D eigenvalue weighted by Gasteiger charge is 2.28. The van der Waals surface area contributed by atoms with Crippen molar-refractivity contribution in [1.29, 1.82) is 0 Å². The van der Waals surface area contributed by atoms with Crippen molar-refractivity contribution in [3.05, 3.63) is 50.9 Å². The predicted molar refractivity (Wildman–Crippen MR) is 99.4 cm³/mol. The van der Waals surface area contributed by atoms with Crippen LogP contribution in [-0.4, -0.2) is 35.1 Å². The highest BCUT2D eigenvalue weighted by Crippen LogP contribution is 2.30. The fourth-order valence-corrected chi connectivity index (χ4v) is 3.26. The van der Waals surface area contributed by atoms with Crippen molar-refractivity contribution in [3.63, 3.8) is 0 Å². The van der Waals surface area contributed by atoms with E-state index in [1.165, 1.54) is 17.0 Å². The van der Waals surface area contributed by atoms with E-state index in [0.717, 1.165) is 5.56 Å². The highest BCUT2D eigenvalue weighted by atomic mass is 16.6. The van der Waals surface area contributed by atoms with E-state index in [2.05, 4.69) is 5.16 Å². The van der Waals surface area contributed by atoms with Crippen LogP contribution in [0.15, 0.2) is 22.7 Å². The van der Waals surface area contributed by atoms with Crippen LogP contribution < -0.4 is 4.90 Å². The van der Waals surface area contributed by atoms with Crippen molar-refractivity contribution in [2.24, 2.45) is 0 Å². The molecule has 0 radical (unpaired) electrons. The Kier molecular flexibility index (Phi) is 5.43. The summed E-state index contributed by atoms with van der Waals surface area (Å²) < 4.78 is 10.4. The molecule has 0 unspecified atom stereocenters. The zero-order chi connectivity index (χ0) is 20.4. The first-order valence-electron chi connectivity index (χ1n) is 9.00. The molecule has 3 rings (SSSR count). The summed E-state index contributed by atoms with van der Waals surface area (Å²) in [6.07, 6.45) is 1.33. The van der Waals surface area contributed by atoms with Crippen LogP contribution in [0.3, 0.4) is 0 Å². The van der Waals surface area contributed by atoms with Gasteiger partial charge in [0, 0.05) is 30.3 Å². The third-order valence-corrected chi connectivity index (χ3v) is 4.64. The van der Waals surface area contributed by atoms with Crippen LogP contribution in [-0.2, 0) is 16.0 Å². The molecule has 2 aromatic rings. The second kappa shape index (κ2) is 7.79. The summed E-state index contributed by atoms with van der Waals surface area (Å²) in [5.74, 6) is -0.671. The number of anilines is 1. The number of ether oxygens (including phenoxy) is 1. The number of aryl methyl sites for hydroxylation is 2. The summed E-state index contributed by atoms with van der Waals surface area (Å²) in [5.41, 5.74) is 2.00. The van der Waals surface area contributed by atoms with Gasteiger partial charge in [0.1, 0.15) is 5.56 Å². The Balaban J connectivity index is 1.72. The number of hydrogen-bond acceptors (Lipinski definition) is 7. The van der Waals surface area contributed by atoms with Crippen LogP contribution in [0.1, 0.15) is 53.6 Å². The minimum absolute atomic E-state index is 0.0105. The van der Waals surface area contributed by atoms with E-state index in [1.807, 2.05) is 13.8 Å². The maximum atomic E-state index is 12.6. The minimum Gasteiger partial charge on any atom is -0.452 e. The third-order valence-electron chi connectivity index (χ3n) is 4.64. The fraction of sp³-hybridized carbons (Fsp3) is 0.421. The number of amides is 1. The zero-order valence-electron chi connectivity index (χ0n) is 15.9. The van der Waals surface area contributed by atoms with Gasteiger partial charge in [0.2, 0.25) is 0 Å². The number of nitrogens with zero attached hydrogens (tertiary/aromatic N) is 3. The van der Waals surface area contributed by atoms with Gasteiger partial charge in [-0.15, -0.1) is 0 Å². The van der Waals surface area contributed by atoms with Crippen molar-refractivity contribution in [2.75, 3.05) is 18.1 Å². The smallest absolute Gasteiger partial charge is 0.344 e. The van der Waals surface area contributed by atoms with Gasteiger partial charge in [0.05, 0.1) is 10.6 Å². The highest BCUT2D eigenvalue weighted by molar-refractivity contribution is 5.98. The molecule has 0 bridgehead atoms. The van der Waals surface area contributed by atoms with Crippen molar-refractivity contribution >= 4 is 23.3 Å². The number of fused-ring (bicyclic) bond motifs is 1. The van der Waals surface area contributed by atoms with Crippen molar-refractivity contribution < 1.29 is 23.8 Å². The standard InChI is InChI=1S/C19H21N3O6/c1-11(2)18-17(12(3)20-28-18)19(24)27-10-16(23)21-8-4-5-13-9-14(22(25)26)6-7-15(13)21/h6-7,9,11H,4-5,8,10H2,1-3H3. The Morgan fingerprint density at radius 3 is 2.82 bits per heavy atom. The number of aromatic nitrogens is 1. The first-order chi connectivity index (χ1) is 13.3. The van der Waals surface area contributed by atoms with E-state index in [-0.39, 0.29) is 23.1 Å². The molecule has 0 saturated heterocycles. The Labute approximate surface area is 161 Å². The number of carbonyl (C=O) groups excluding carboxylic acids is 2. The van der Waals surface area contributed by atoms with Gasteiger partial charge in [-0.25, -0.2) is 4.79 Å². The second-order valence-corrected chi connectivity index (χ2v) is 6.96. The topological polar surface area (TPSA) is 116 Å². The molecule has 9 nitrogen and oxygen atoms in total. The molecule has 148 valence electrons. The van der Waals surface area contributed by atoms with E-state index in [9.17, 15) is 19.7 Å². The number of rotatable bonds is 5. The van der Waals surface area contributed by atoms with Crippen LogP contribution in [0.5, 0.6) is 0 Å². The lowest BCUT2D eigenvalue weighted by Crippen LogP contribution is -2.38. The molecular formula is C19H21N3O6. The number of benzene rings is 1. The van der Waals surface area contributed by atoms with Gasteiger partial charge in [0.25, 0.3) is 11.6 Å². The molecule has 0 N–H and O–H groups in total. The Morgan fingerprint density at radius 2 is 2.14 bits per heavy atom. The average Bonchev–Trinajstić information content (AvgIpc) is 3.06. The van der Waals surface area contributed by atoms with Gasteiger partial charge in [-0.1, -0.05) is 19.0 Å². The molecule has 28 heavy (non-hydrogen) atoms. The number of nitro groups is 1. The molecule has 1 aromatic heterocycles. The molecular weight excluding hydrogens is 366 g/mol. The number of carbonyl (C=O) groups is 2. The molecule has 1 amide bonds. The largest absolute Gasteiger partial charge is 0.452 e. The molecule has 0 spiro atoms. The number of non-ortho nitro benzene ring substituents is 1. The molecule has 1 aliphatic rings. The average molecular weight is 387 g/mol. The van der Waals surface area contributed by atoms with Gasteiger partial charge in [-0.05, 0) is 31.4 Å². The number of hydrogen-bond donors (Lipinski definition) is 0. The van der Waals surface area contributed by atoms with Crippen LogP contribution in [0.2, 0.25) is 0 Å². The summed E-state index contributed by atoms with van der Waals surface area (Å²) in [6.45, 7) is 5.40. The first-order valence-corrected chi connectivity index (χ1v) is 9.00. The summed E-state index contributed by atoms with van der Waals surface area (Å²) in [5, 5.41) is 14.8. The van der Waals surface area contributed by atoms with Crippen molar-refractivity contribution in [1.82, 2.24) is 5.16 Å². The van der Waals surface area contributed by atoms with Crippen LogP contribution in [0.25, 0.3) is 0 Å². The van der Waals surface area contributed by atoms with E-state index in [4.69, 9.17) is 9.26 Å². The van der Waals surface area contributed by atoms with Crippen LogP contribution in [0.4, 0.5) is 11.4 Å². The van der Waals surface area contributed by atoms with Gasteiger partial charge >= 0.3 is 5.97 Å². The Morgan fingerprint density at radius 1 is 1.39 bits per heavy atom. The quantitative estimate of drug-likeness (QED) is 0.439. The summed E-state index contributed by atoms with van der Waals surface area (Å²) in [7, 11) is 0. The van der Waals surface area contributed by atoms with Crippen LogP contribution in [0, 0.1) is 17.0 Å². The van der Waals surface area contributed by atoms with E-state index in [0.29, 0.717) is 36.5 Å². The summed E-state index contributed by atoms with van der Waals surface area (Å²) >= 11 is 0. The minimum atomic E-state index is -0.656. The summed E-state index contributed by atoms with van der Waals surface area (Å²) in [4.78, 5) is 37.1. The Hall–Kier alpha value is -3.23. The zero-order valence-corrected chi connectivity index (χ0v) is 15.9. The molecule has 0 atom stereocenters. The van der Waals surface area contributed by atoms with E-state index < -0.39 is 17.5 Å². The lowest BCUT2D eigenvalue weighted by molar-refractivity contribution is -0.384. The molecule has 0 fully saturated rings. The van der Waals surface area contributed by atoms with Crippen molar-refractivity contribution in [3.8, 4) is 0 Å². The fourth-order valence-electron chi connectivity index (χ4n) is 3.26. The lowest BCUT2D eigenvalue weighted by Gasteiger charge is -2.29. The molecule has 0 aliphatic carbocycles. The monoisotopic (exact) mass is 387 g/mol. The molecule has 9 heteroatoms. The van der Waals surface area contributed by atoms with Crippen molar-refractivity contribution in [2.45, 2.75) is 39.5 Å².